The molecule has 1 aromatic carbocycles. The summed E-state index contributed by atoms with van der Waals surface area (Å²) in [5, 5.41) is 9.39. The highest BCUT2D eigenvalue weighted by atomic mass is 16.1. The van der Waals surface area contributed by atoms with Gasteiger partial charge in [0.1, 0.15) is 5.82 Å². The number of nitrogens with one attached hydrogen (secondary N) is 2. The number of rotatable bonds is 2. The van der Waals surface area contributed by atoms with Crippen molar-refractivity contribution in [3.63, 3.8) is 0 Å². The maximum Gasteiger partial charge on any atom is 0.258 e. The molecule has 106 valence electrons. The van der Waals surface area contributed by atoms with Crippen molar-refractivity contribution in [3.8, 4) is 0 Å². The zero-order valence-corrected chi connectivity index (χ0v) is 12.8. The second-order valence-corrected chi connectivity index (χ2v) is 5.20. The number of aromatic amines is 1. The van der Waals surface area contributed by atoms with E-state index in [9.17, 15) is 4.79 Å². The van der Waals surface area contributed by atoms with Gasteiger partial charge in [-0.1, -0.05) is 0 Å². The van der Waals surface area contributed by atoms with Crippen LogP contribution in [-0.4, -0.2) is 21.1 Å². The quantitative estimate of drug-likeness (QED) is 0.883. The van der Waals surface area contributed by atoms with Crippen molar-refractivity contribution in [1.82, 2.24) is 15.2 Å². The highest BCUT2D eigenvalue weighted by molar-refractivity contribution is 6.06. The van der Waals surface area contributed by atoms with Crippen LogP contribution in [0.25, 0.3) is 0 Å². The molecule has 0 fully saturated rings. The zero-order chi connectivity index (χ0) is 15.0. The van der Waals surface area contributed by atoms with Crippen LogP contribution in [-0.2, 0) is 0 Å². The molecule has 2 rings (SSSR count). The topological polar surface area (TPSA) is 70.7 Å². The number of nitrogens with zero attached hydrogens (tertiary/aromatic N) is 2. The molecule has 0 unspecified atom stereocenters. The number of hydrogen-bond acceptors (Lipinski definition) is 3. The molecule has 5 nitrogen and oxygen atoms in total. The fraction of sp³-hybridized carbons (Fsp3) is 0.400. The van der Waals surface area contributed by atoms with Gasteiger partial charge in [-0.2, -0.15) is 4.98 Å². The number of amides is 1. The minimum atomic E-state index is -0.162. The third-order valence-corrected chi connectivity index (χ3v) is 4.05. The van der Waals surface area contributed by atoms with Crippen LogP contribution in [0.2, 0.25) is 0 Å². The van der Waals surface area contributed by atoms with E-state index < -0.39 is 0 Å². The van der Waals surface area contributed by atoms with E-state index in [4.69, 9.17) is 0 Å². The predicted octanol–water partition coefficient (Wildman–Crippen LogP) is 2.91. The number of anilines is 1. The summed E-state index contributed by atoms with van der Waals surface area (Å²) in [6, 6.07) is 0. The van der Waals surface area contributed by atoms with Crippen LogP contribution in [0.15, 0.2) is 0 Å². The fourth-order valence-corrected chi connectivity index (χ4v) is 2.40. The first-order valence-electron chi connectivity index (χ1n) is 6.60. The Kier molecular flexibility index (Phi) is 3.61. The van der Waals surface area contributed by atoms with Gasteiger partial charge in [0.2, 0.25) is 5.95 Å². The van der Waals surface area contributed by atoms with Crippen LogP contribution in [0, 0.1) is 41.5 Å². The van der Waals surface area contributed by atoms with Gasteiger partial charge in [0.25, 0.3) is 5.91 Å². The molecule has 2 aromatic rings. The molecule has 0 aliphatic carbocycles. The first-order chi connectivity index (χ1) is 9.32. The second-order valence-electron chi connectivity index (χ2n) is 5.20. The van der Waals surface area contributed by atoms with Crippen molar-refractivity contribution in [3.05, 3.63) is 39.2 Å². The fourth-order valence-electron chi connectivity index (χ4n) is 2.40. The van der Waals surface area contributed by atoms with Crippen molar-refractivity contribution in [1.29, 1.82) is 0 Å². The van der Waals surface area contributed by atoms with Gasteiger partial charge in [0.15, 0.2) is 0 Å². The summed E-state index contributed by atoms with van der Waals surface area (Å²) < 4.78 is 0. The molecule has 0 bridgehead atoms. The molecule has 1 aromatic heterocycles. The van der Waals surface area contributed by atoms with Crippen molar-refractivity contribution in [2.75, 3.05) is 5.32 Å². The van der Waals surface area contributed by atoms with Gasteiger partial charge in [-0.15, -0.1) is 5.10 Å². The predicted molar refractivity (Wildman–Crippen MR) is 79.2 cm³/mol. The molecule has 20 heavy (non-hydrogen) atoms. The van der Waals surface area contributed by atoms with E-state index in [-0.39, 0.29) is 5.91 Å². The van der Waals surface area contributed by atoms with E-state index in [0.717, 1.165) is 22.3 Å². The van der Waals surface area contributed by atoms with E-state index in [0.29, 0.717) is 17.3 Å². The number of carbonyl (C=O) groups excluding carboxylic acids is 1. The molecule has 2 N–H and O–H groups in total. The Hall–Kier alpha value is -2.17. The second kappa shape index (κ2) is 5.07. The first kappa shape index (κ1) is 14.2. The number of aromatic nitrogens is 3. The molecule has 0 aliphatic heterocycles. The molecule has 0 spiro atoms. The lowest BCUT2D eigenvalue weighted by Gasteiger charge is -2.17. The summed E-state index contributed by atoms with van der Waals surface area (Å²) in [5.41, 5.74) is 6.29. The molecule has 0 radical (unpaired) electrons. The van der Waals surface area contributed by atoms with E-state index in [1.54, 1.807) is 6.92 Å². The first-order valence-corrected chi connectivity index (χ1v) is 6.60. The van der Waals surface area contributed by atoms with E-state index in [2.05, 4.69) is 27.4 Å². The Bertz CT molecular complexity index is 656. The van der Waals surface area contributed by atoms with Crippen molar-refractivity contribution in [2.24, 2.45) is 0 Å². The monoisotopic (exact) mass is 272 g/mol. The third kappa shape index (κ3) is 2.31. The Balaban J connectivity index is 2.45. The van der Waals surface area contributed by atoms with Crippen molar-refractivity contribution in [2.45, 2.75) is 41.5 Å². The smallest absolute Gasteiger partial charge is 0.258 e. The van der Waals surface area contributed by atoms with E-state index in [1.807, 2.05) is 27.7 Å². The van der Waals surface area contributed by atoms with Gasteiger partial charge in [-0.05, 0) is 69.4 Å². The van der Waals surface area contributed by atoms with Gasteiger partial charge in [-0.25, -0.2) is 0 Å². The minimum absolute atomic E-state index is 0.162. The molecule has 0 saturated heterocycles. The van der Waals surface area contributed by atoms with Crippen LogP contribution in [0.4, 0.5) is 5.95 Å². The van der Waals surface area contributed by atoms with Crippen LogP contribution >= 0.6 is 0 Å². The summed E-state index contributed by atoms with van der Waals surface area (Å²) in [4.78, 5) is 16.6. The summed E-state index contributed by atoms with van der Waals surface area (Å²) in [7, 11) is 0. The number of aryl methyl sites for hydroxylation is 1. The van der Waals surface area contributed by atoms with Crippen LogP contribution in [0.1, 0.15) is 44.0 Å². The van der Waals surface area contributed by atoms with E-state index in [1.165, 1.54) is 5.56 Å². The number of carbonyl (C=O) groups is 1. The van der Waals surface area contributed by atoms with Crippen LogP contribution in [0.3, 0.4) is 0 Å². The van der Waals surface area contributed by atoms with E-state index >= 15 is 0 Å². The average Bonchev–Trinajstić information content (AvgIpc) is 2.79. The maximum atomic E-state index is 12.5. The van der Waals surface area contributed by atoms with Crippen LogP contribution < -0.4 is 5.32 Å². The number of H-pyrrole nitrogens is 1. The standard InChI is InChI=1S/C15H20N4O/c1-7-8(2)10(4)13(11(5)9(7)3)14(20)17-15-16-12(6)18-19-15/h1-6H3,(H2,16,17,18,19,20). The average molecular weight is 272 g/mol. The summed E-state index contributed by atoms with van der Waals surface area (Å²) in [5.74, 6) is 0.817. The summed E-state index contributed by atoms with van der Waals surface area (Å²) in [6.07, 6.45) is 0. The lowest BCUT2D eigenvalue weighted by atomic mass is 9.89. The molecule has 1 amide bonds. The normalized spacial score (nSPS) is 10.7. The van der Waals surface area contributed by atoms with Crippen molar-refractivity contribution >= 4 is 11.9 Å². The van der Waals surface area contributed by atoms with Gasteiger partial charge >= 0.3 is 0 Å². The highest BCUT2D eigenvalue weighted by Crippen LogP contribution is 2.26. The van der Waals surface area contributed by atoms with Gasteiger partial charge in [0, 0.05) is 5.56 Å². The van der Waals surface area contributed by atoms with Gasteiger partial charge in [0.05, 0.1) is 0 Å². The summed E-state index contributed by atoms with van der Waals surface area (Å²) in [6.45, 7) is 11.9. The lowest BCUT2D eigenvalue weighted by molar-refractivity contribution is 0.102. The third-order valence-electron chi connectivity index (χ3n) is 4.05. The highest BCUT2D eigenvalue weighted by Gasteiger charge is 2.19. The lowest BCUT2D eigenvalue weighted by Crippen LogP contribution is -2.18. The summed E-state index contributed by atoms with van der Waals surface area (Å²) >= 11 is 0. The van der Waals surface area contributed by atoms with Crippen molar-refractivity contribution < 1.29 is 4.79 Å². The number of benzene rings is 1. The zero-order valence-electron chi connectivity index (χ0n) is 12.8. The Morgan fingerprint density at radius 3 is 1.85 bits per heavy atom. The van der Waals surface area contributed by atoms with Crippen LogP contribution in [0.5, 0.6) is 0 Å². The molecule has 5 heteroatoms. The Morgan fingerprint density at radius 1 is 0.900 bits per heavy atom. The number of hydrogen-bond donors (Lipinski definition) is 2. The van der Waals surface area contributed by atoms with Gasteiger partial charge in [-0.3, -0.25) is 15.2 Å². The largest absolute Gasteiger partial charge is 0.289 e. The maximum absolute atomic E-state index is 12.5. The van der Waals surface area contributed by atoms with Gasteiger partial charge < -0.3 is 0 Å². The molecule has 0 saturated carbocycles. The molecule has 0 aliphatic rings. The molecule has 1 heterocycles. The molecular weight excluding hydrogens is 252 g/mol. The molecular formula is C15H20N4O. The minimum Gasteiger partial charge on any atom is -0.289 e. The Labute approximate surface area is 118 Å². The molecule has 0 atom stereocenters. The SMILES string of the molecule is Cc1nc(NC(=O)c2c(C)c(C)c(C)c(C)c2C)n[nH]1. The Morgan fingerprint density at radius 2 is 1.40 bits per heavy atom.